The van der Waals surface area contributed by atoms with Gasteiger partial charge in [-0.05, 0) is 51.4 Å². The Balaban J connectivity index is 1.86. The summed E-state index contributed by atoms with van der Waals surface area (Å²) in [6.45, 7) is 0.704. The molecule has 0 aromatic rings. The average Bonchev–Trinajstić information content (AvgIpc) is 2.89. The number of carbonyl (C=O) groups excluding carboxylic acids is 1. The van der Waals surface area contributed by atoms with Gasteiger partial charge >= 0.3 is 12.1 Å². The molecular weight excluding hydrogens is 246 g/mol. The summed E-state index contributed by atoms with van der Waals surface area (Å²) in [4.78, 5) is 24.6. The minimum Gasteiger partial charge on any atom is -0.481 e. The van der Waals surface area contributed by atoms with Crippen molar-refractivity contribution in [1.82, 2.24) is 4.90 Å². The fourth-order valence-corrected chi connectivity index (χ4v) is 3.05. The third kappa shape index (κ3) is 4.11. The predicted molar refractivity (Wildman–Crippen MR) is 70.0 cm³/mol. The zero-order valence-corrected chi connectivity index (χ0v) is 11.3. The van der Waals surface area contributed by atoms with Gasteiger partial charge in [-0.3, -0.25) is 4.79 Å². The molecule has 1 heterocycles. The second-order valence-corrected chi connectivity index (χ2v) is 5.57. The van der Waals surface area contributed by atoms with Crippen molar-refractivity contribution < 1.29 is 19.4 Å². The number of hydrogen-bond acceptors (Lipinski definition) is 3. The summed E-state index contributed by atoms with van der Waals surface area (Å²) < 4.78 is 5.53. The van der Waals surface area contributed by atoms with Gasteiger partial charge in [-0.15, -0.1) is 0 Å². The van der Waals surface area contributed by atoms with Gasteiger partial charge in [0.15, 0.2) is 0 Å². The van der Waals surface area contributed by atoms with Crippen LogP contribution >= 0.6 is 0 Å². The highest BCUT2D eigenvalue weighted by Crippen LogP contribution is 2.25. The highest BCUT2D eigenvalue weighted by Gasteiger charge is 2.30. The third-order valence-electron chi connectivity index (χ3n) is 4.12. The zero-order chi connectivity index (χ0) is 13.7. The minimum atomic E-state index is -0.797. The number of nitrogens with zero attached hydrogens (tertiary/aromatic N) is 1. The molecular formula is C14H23NO4. The van der Waals surface area contributed by atoms with Crippen molar-refractivity contribution in [3.8, 4) is 0 Å². The van der Waals surface area contributed by atoms with Crippen molar-refractivity contribution in [2.75, 3.05) is 6.54 Å². The first-order valence-electron chi connectivity index (χ1n) is 7.36. The summed E-state index contributed by atoms with van der Waals surface area (Å²) in [5.74, 6) is -0.797. The van der Waals surface area contributed by atoms with Crippen LogP contribution in [0.2, 0.25) is 0 Å². The number of carbonyl (C=O) groups is 2. The Morgan fingerprint density at radius 3 is 2.47 bits per heavy atom. The molecule has 0 radical (unpaired) electrons. The Morgan fingerprint density at radius 2 is 1.79 bits per heavy atom. The molecule has 1 aliphatic carbocycles. The second kappa shape index (κ2) is 6.78. The van der Waals surface area contributed by atoms with E-state index in [1.54, 1.807) is 4.90 Å². The maximum atomic E-state index is 12.2. The van der Waals surface area contributed by atoms with Crippen LogP contribution < -0.4 is 0 Å². The summed E-state index contributed by atoms with van der Waals surface area (Å²) in [5, 5.41) is 8.76. The second-order valence-electron chi connectivity index (χ2n) is 5.57. The van der Waals surface area contributed by atoms with Crippen LogP contribution in [0.5, 0.6) is 0 Å². The van der Waals surface area contributed by atoms with E-state index in [1.165, 1.54) is 0 Å². The van der Waals surface area contributed by atoms with Crippen LogP contribution in [-0.4, -0.2) is 40.8 Å². The molecule has 1 amide bonds. The largest absolute Gasteiger partial charge is 0.481 e. The highest BCUT2D eigenvalue weighted by atomic mass is 16.6. The monoisotopic (exact) mass is 269 g/mol. The van der Waals surface area contributed by atoms with E-state index in [9.17, 15) is 9.59 Å². The van der Waals surface area contributed by atoms with Crippen LogP contribution in [0, 0.1) is 0 Å². The molecule has 0 aromatic carbocycles. The summed E-state index contributed by atoms with van der Waals surface area (Å²) in [5.41, 5.74) is 0. The standard InChI is InChI=1S/C14H23NO4/c16-13(17)9-8-11-5-3-4-10-15(11)14(18)19-12-6-1-2-7-12/h11-12H,1-10H2,(H,16,17). The molecule has 1 aliphatic heterocycles. The first-order chi connectivity index (χ1) is 9.16. The summed E-state index contributed by atoms with van der Waals surface area (Å²) in [6, 6.07) is 0.0405. The Hall–Kier alpha value is -1.26. The first-order valence-corrected chi connectivity index (χ1v) is 7.36. The van der Waals surface area contributed by atoms with E-state index >= 15 is 0 Å². The summed E-state index contributed by atoms with van der Waals surface area (Å²) >= 11 is 0. The van der Waals surface area contributed by atoms with Crippen LogP contribution in [0.1, 0.15) is 57.8 Å². The van der Waals surface area contributed by atoms with Gasteiger partial charge in [-0.2, -0.15) is 0 Å². The molecule has 1 saturated carbocycles. The van der Waals surface area contributed by atoms with Gasteiger partial charge in [0.25, 0.3) is 0 Å². The smallest absolute Gasteiger partial charge is 0.410 e. The van der Waals surface area contributed by atoms with Crippen molar-refractivity contribution >= 4 is 12.1 Å². The lowest BCUT2D eigenvalue weighted by atomic mass is 9.98. The average molecular weight is 269 g/mol. The van der Waals surface area contributed by atoms with E-state index in [0.717, 1.165) is 44.9 Å². The molecule has 19 heavy (non-hydrogen) atoms. The minimum absolute atomic E-state index is 0.0405. The van der Waals surface area contributed by atoms with Gasteiger partial charge in [0.1, 0.15) is 6.10 Å². The number of ether oxygens (including phenoxy) is 1. The molecule has 0 bridgehead atoms. The predicted octanol–water partition coefficient (Wildman–Crippen LogP) is 2.78. The fraction of sp³-hybridized carbons (Fsp3) is 0.857. The summed E-state index contributed by atoms with van der Waals surface area (Å²) in [7, 11) is 0. The molecule has 1 saturated heterocycles. The molecule has 1 atom stereocenters. The van der Waals surface area contributed by atoms with Crippen LogP contribution in [0.3, 0.4) is 0 Å². The normalized spacial score (nSPS) is 24.4. The summed E-state index contributed by atoms with van der Waals surface area (Å²) in [6.07, 6.45) is 7.68. The van der Waals surface area contributed by atoms with Gasteiger partial charge in [0, 0.05) is 19.0 Å². The lowest BCUT2D eigenvalue weighted by Gasteiger charge is -2.35. The van der Waals surface area contributed by atoms with Gasteiger partial charge in [0.2, 0.25) is 0 Å². The molecule has 1 N–H and O–H groups in total. The Bertz CT molecular complexity index is 325. The number of carboxylic acids is 1. The zero-order valence-electron chi connectivity index (χ0n) is 11.3. The third-order valence-corrected chi connectivity index (χ3v) is 4.12. The van der Waals surface area contributed by atoms with Crippen LogP contribution in [0.4, 0.5) is 4.79 Å². The van der Waals surface area contributed by atoms with Crippen LogP contribution in [0.25, 0.3) is 0 Å². The molecule has 5 nitrogen and oxygen atoms in total. The number of likely N-dealkylation sites (tertiary alicyclic amines) is 1. The van der Waals surface area contributed by atoms with Gasteiger partial charge in [-0.1, -0.05) is 0 Å². The van der Waals surface area contributed by atoms with Gasteiger partial charge in [0.05, 0.1) is 0 Å². The SMILES string of the molecule is O=C(O)CCC1CCCCN1C(=O)OC1CCCC1. The van der Waals surface area contributed by atoms with E-state index < -0.39 is 5.97 Å². The van der Waals surface area contributed by atoms with Crippen LogP contribution in [0.15, 0.2) is 0 Å². The Morgan fingerprint density at radius 1 is 1.11 bits per heavy atom. The van der Waals surface area contributed by atoms with E-state index in [2.05, 4.69) is 0 Å². The highest BCUT2D eigenvalue weighted by molar-refractivity contribution is 5.69. The van der Waals surface area contributed by atoms with Crippen molar-refractivity contribution in [2.45, 2.75) is 69.9 Å². The Kier molecular flexibility index (Phi) is 5.05. The van der Waals surface area contributed by atoms with E-state index in [0.29, 0.717) is 13.0 Å². The number of carboxylic acid groups (broad SMARTS) is 1. The lowest BCUT2D eigenvalue weighted by Crippen LogP contribution is -2.45. The molecule has 5 heteroatoms. The molecule has 0 spiro atoms. The number of hydrogen-bond donors (Lipinski definition) is 1. The topological polar surface area (TPSA) is 66.8 Å². The fourth-order valence-electron chi connectivity index (χ4n) is 3.05. The van der Waals surface area contributed by atoms with Crippen molar-refractivity contribution in [3.63, 3.8) is 0 Å². The van der Waals surface area contributed by atoms with Gasteiger partial charge < -0.3 is 14.7 Å². The molecule has 1 unspecified atom stereocenters. The molecule has 2 aliphatic rings. The van der Waals surface area contributed by atoms with Crippen molar-refractivity contribution in [2.24, 2.45) is 0 Å². The quantitative estimate of drug-likeness (QED) is 0.852. The van der Waals surface area contributed by atoms with Crippen LogP contribution in [-0.2, 0) is 9.53 Å². The Labute approximate surface area is 113 Å². The molecule has 2 fully saturated rings. The number of piperidine rings is 1. The first kappa shape index (κ1) is 14.2. The van der Waals surface area contributed by atoms with E-state index in [4.69, 9.17) is 9.84 Å². The molecule has 0 aromatic heterocycles. The lowest BCUT2D eigenvalue weighted by molar-refractivity contribution is -0.137. The molecule has 108 valence electrons. The number of rotatable bonds is 4. The van der Waals surface area contributed by atoms with Gasteiger partial charge in [-0.25, -0.2) is 4.79 Å². The molecule has 2 rings (SSSR count). The van der Waals surface area contributed by atoms with E-state index in [1.807, 2.05) is 0 Å². The maximum Gasteiger partial charge on any atom is 0.410 e. The van der Waals surface area contributed by atoms with Crippen molar-refractivity contribution in [3.05, 3.63) is 0 Å². The van der Waals surface area contributed by atoms with Crippen molar-refractivity contribution in [1.29, 1.82) is 0 Å². The number of amides is 1. The maximum absolute atomic E-state index is 12.2. The van der Waals surface area contributed by atoms with E-state index in [-0.39, 0.29) is 24.7 Å². The number of aliphatic carboxylic acids is 1.